The highest BCUT2D eigenvalue weighted by molar-refractivity contribution is 5.60. The van der Waals surface area contributed by atoms with Crippen LogP contribution in [-0.4, -0.2) is 0 Å². The second-order valence-electron chi connectivity index (χ2n) is 5.41. The van der Waals surface area contributed by atoms with Crippen LogP contribution in [-0.2, 0) is 0 Å². The SMILES string of the molecule is C=C(C)C1CCCC2=C1C1=CCCC=C1C2. The van der Waals surface area contributed by atoms with E-state index in [1.807, 2.05) is 0 Å². The Morgan fingerprint density at radius 2 is 2.12 bits per heavy atom. The summed E-state index contributed by atoms with van der Waals surface area (Å²) >= 11 is 0. The minimum absolute atomic E-state index is 0.652. The van der Waals surface area contributed by atoms with Crippen LogP contribution in [0.4, 0.5) is 0 Å². The first kappa shape index (κ1) is 10.1. The molecule has 3 aliphatic carbocycles. The van der Waals surface area contributed by atoms with Crippen LogP contribution >= 0.6 is 0 Å². The molecule has 0 saturated carbocycles. The molecule has 0 nitrogen and oxygen atoms in total. The van der Waals surface area contributed by atoms with Crippen molar-refractivity contribution in [1.29, 1.82) is 0 Å². The maximum atomic E-state index is 4.20. The third kappa shape index (κ3) is 1.43. The van der Waals surface area contributed by atoms with E-state index in [2.05, 4.69) is 25.7 Å². The number of hydrogen-bond donors (Lipinski definition) is 0. The summed E-state index contributed by atoms with van der Waals surface area (Å²) in [7, 11) is 0. The molecule has 1 unspecified atom stereocenters. The normalized spacial score (nSPS) is 28.2. The van der Waals surface area contributed by atoms with E-state index in [4.69, 9.17) is 0 Å². The minimum Gasteiger partial charge on any atom is -0.0995 e. The van der Waals surface area contributed by atoms with Gasteiger partial charge < -0.3 is 0 Å². The highest BCUT2D eigenvalue weighted by Gasteiger charge is 2.32. The van der Waals surface area contributed by atoms with Gasteiger partial charge in [0.15, 0.2) is 0 Å². The molecule has 0 saturated heterocycles. The lowest BCUT2D eigenvalue weighted by Gasteiger charge is -2.26. The first-order chi connectivity index (χ1) is 7.77. The zero-order valence-electron chi connectivity index (χ0n) is 10.2. The molecule has 0 spiro atoms. The van der Waals surface area contributed by atoms with Crippen molar-refractivity contribution in [2.24, 2.45) is 5.92 Å². The topological polar surface area (TPSA) is 0 Å². The van der Waals surface area contributed by atoms with E-state index in [1.165, 1.54) is 44.1 Å². The standard InChI is InChI=1S/C16H20/c1-11(2)14-9-5-7-13-10-12-6-3-4-8-15(12)16(13)14/h6,8,14H,1,3-5,7,9-10H2,2H3. The molecule has 0 amide bonds. The number of fused-ring (bicyclic) bond motifs is 2. The molecule has 16 heavy (non-hydrogen) atoms. The van der Waals surface area contributed by atoms with E-state index in [-0.39, 0.29) is 0 Å². The summed E-state index contributed by atoms with van der Waals surface area (Å²) < 4.78 is 0. The summed E-state index contributed by atoms with van der Waals surface area (Å²) in [6.45, 7) is 6.40. The Bertz CT molecular complexity index is 429. The first-order valence-electron chi connectivity index (χ1n) is 6.54. The van der Waals surface area contributed by atoms with Crippen LogP contribution in [0.5, 0.6) is 0 Å². The fourth-order valence-corrected chi connectivity index (χ4v) is 3.51. The lowest BCUT2D eigenvalue weighted by atomic mass is 9.78. The van der Waals surface area contributed by atoms with Gasteiger partial charge in [-0.3, -0.25) is 0 Å². The number of rotatable bonds is 1. The molecule has 3 aliphatic rings. The summed E-state index contributed by atoms with van der Waals surface area (Å²) in [6, 6.07) is 0. The molecule has 0 radical (unpaired) electrons. The zero-order valence-corrected chi connectivity index (χ0v) is 10.2. The Labute approximate surface area is 98.4 Å². The predicted molar refractivity (Wildman–Crippen MR) is 69.2 cm³/mol. The van der Waals surface area contributed by atoms with Crippen LogP contribution in [0.1, 0.15) is 45.4 Å². The molecule has 0 aromatic rings. The van der Waals surface area contributed by atoms with E-state index in [9.17, 15) is 0 Å². The Kier molecular flexibility index (Phi) is 2.38. The monoisotopic (exact) mass is 212 g/mol. The van der Waals surface area contributed by atoms with Crippen molar-refractivity contribution in [2.45, 2.75) is 45.4 Å². The zero-order chi connectivity index (χ0) is 11.1. The lowest BCUT2D eigenvalue weighted by molar-refractivity contribution is 0.567. The van der Waals surface area contributed by atoms with Crippen LogP contribution < -0.4 is 0 Å². The summed E-state index contributed by atoms with van der Waals surface area (Å²) in [4.78, 5) is 0. The summed E-state index contributed by atoms with van der Waals surface area (Å²) in [5, 5.41) is 0. The van der Waals surface area contributed by atoms with Gasteiger partial charge in [-0.2, -0.15) is 0 Å². The molecule has 1 atom stereocenters. The highest BCUT2D eigenvalue weighted by Crippen LogP contribution is 2.49. The van der Waals surface area contributed by atoms with Crippen LogP contribution in [0.3, 0.4) is 0 Å². The summed E-state index contributed by atoms with van der Waals surface area (Å²) in [6.07, 6.45) is 12.7. The van der Waals surface area contributed by atoms with Gasteiger partial charge >= 0.3 is 0 Å². The summed E-state index contributed by atoms with van der Waals surface area (Å²) in [5.74, 6) is 0.652. The molecule has 84 valence electrons. The van der Waals surface area contributed by atoms with Gasteiger partial charge in [0, 0.05) is 5.92 Å². The van der Waals surface area contributed by atoms with Crippen molar-refractivity contribution in [3.05, 3.63) is 46.6 Å². The van der Waals surface area contributed by atoms with Gasteiger partial charge in [-0.15, -0.1) is 0 Å². The van der Waals surface area contributed by atoms with Gasteiger partial charge in [0.25, 0.3) is 0 Å². The van der Waals surface area contributed by atoms with Gasteiger partial charge in [-0.1, -0.05) is 29.9 Å². The van der Waals surface area contributed by atoms with Crippen LogP contribution in [0.15, 0.2) is 46.6 Å². The number of hydrogen-bond acceptors (Lipinski definition) is 0. The predicted octanol–water partition coefficient (Wildman–Crippen LogP) is 4.71. The van der Waals surface area contributed by atoms with E-state index in [0.717, 1.165) is 0 Å². The molecule has 0 heteroatoms. The Morgan fingerprint density at radius 3 is 2.94 bits per heavy atom. The molecule has 0 aromatic carbocycles. The summed E-state index contributed by atoms with van der Waals surface area (Å²) in [5.41, 5.74) is 7.96. The average molecular weight is 212 g/mol. The lowest BCUT2D eigenvalue weighted by Crippen LogP contribution is -2.11. The van der Waals surface area contributed by atoms with Gasteiger partial charge in [-0.25, -0.2) is 0 Å². The third-order valence-electron chi connectivity index (χ3n) is 4.24. The molecule has 0 heterocycles. The van der Waals surface area contributed by atoms with Gasteiger partial charge in [0.2, 0.25) is 0 Å². The van der Waals surface area contributed by atoms with Crippen molar-refractivity contribution in [3.63, 3.8) is 0 Å². The van der Waals surface area contributed by atoms with Crippen molar-refractivity contribution >= 4 is 0 Å². The highest BCUT2D eigenvalue weighted by atomic mass is 14.4. The van der Waals surface area contributed by atoms with Gasteiger partial charge in [-0.05, 0) is 62.2 Å². The molecular weight excluding hydrogens is 192 g/mol. The van der Waals surface area contributed by atoms with Gasteiger partial charge in [0.1, 0.15) is 0 Å². The Hall–Kier alpha value is -1.04. The second kappa shape index (κ2) is 3.76. The van der Waals surface area contributed by atoms with Crippen LogP contribution in [0.2, 0.25) is 0 Å². The van der Waals surface area contributed by atoms with Gasteiger partial charge in [0.05, 0.1) is 0 Å². The van der Waals surface area contributed by atoms with E-state index < -0.39 is 0 Å². The fraction of sp³-hybridized carbons (Fsp3) is 0.500. The average Bonchev–Trinajstić information content (AvgIpc) is 2.66. The van der Waals surface area contributed by atoms with E-state index in [1.54, 1.807) is 22.3 Å². The quantitative estimate of drug-likeness (QED) is 0.552. The smallest absolute Gasteiger partial charge is 0.00484 e. The largest absolute Gasteiger partial charge is 0.0995 e. The molecule has 0 aliphatic heterocycles. The fourth-order valence-electron chi connectivity index (χ4n) is 3.51. The number of allylic oxidation sites excluding steroid dienone is 7. The molecule has 0 aromatic heterocycles. The van der Waals surface area contributed by atoms with Crippen LogP contribution in [0.25, 0.3) is 0 Å². The van der Waals surface area contributed by atoms with Crippen molar-refractivity contribution in [1.82, 2.24) is 0 Å². The maximum Gasteiger partial charge on any atom is 0.00484 e. The van der Waals surface area contributed by atoms with Crippen molar-refractivity contribution in [3.8, 4) is 0 Å². The molecular formula is C16H20. The van der Waals surface area contributed by atoms with E-state index in [0.29, 0.717) is 5.92 Å². The first-order valence-corrected chi connectivity index (χ1v) is 6.54. The third-order valence-corrected chi connectivity index (χ3v) is 4.24. The molecule has 0 N–H and O–H groups in total. The minimum atomic E-state index is 0.652. The maximum absolute atomic E-state index is 4.20. The van der Waals surface area contributed by atoms with E-state index >= 15 is 0 Å². The Morgan fingerprint density at radius 1 is 1.31 bits per heavy atom. The van der Waals surface area contributed by atoms with Crippen molar-refractivity contribution < 1.29 is 0 Å². The van der Waals surface area contributed by atoms with Crippen LogP contribution in [0, 0.1) is 5.92 Å². The second-order valence-corrected chi connectivity index (χ2v) is 5.41. The Balaban J connectivity index is 2.05. The molecule has 0 bridgehead atoms. The molecule has 0 fully saturated rings. The molecule has 3 rings (SSSR count). The van der Waals surface area contributed by atoms with Crippen molar-refractivity contribution in [2.75, 3.05) is 0 Å².